The Kier molecular flexibility index (Phi) is 3.82. The van der Waals surface area contributed by atoms with Crippen molar-refractivity contribution in [1.29, 1.82) is 0 Å². The van der Waals surface area contributed by atoms with Crippen LogP contribution in [-0.2, 0) is 6.54 Å². The molecule has 1 heterocycles. The first-order valence-corrected chi connectivity index (χ1v) is 6.44. The first-order chi connectivity index (χ1) is 7.76. The highest BCUT2D eigenvalue weighted by Gasteiger charge is 2.34. The van der Waals surface area contributed by atoms with Gasteiger partial charge in [-0.1, -0.05) is 31.0 Å². The molecule has 0 amide bonds. The lowest BCUT2D eigenvalue weighted by Gasteiger charge is -2.41. The summed E-state index contributed by atoms with van der Waals surface area (Å²) in [5.74, 6) is 0. The van der Waals surface area contributed by atoms with Crippen LogP contribution in [0.15, 0.2) is 18.3 Å². The molecule has 1 aliphatic rings. The van der Waals surface area contributed by atoms with Crippen LogP contribution in [0.3, 0.4) is 0 Å². The molecule has 0 bridgehead atoms. The van der Waals surface area contributed by atoms with Crippen LogP contribution < -0.4 is 5.32 Å². The molecule has 0 saturated heterocycles. The monoisotopic (exact) mass is 238 g/mol. The van der Waals surface area contributed by atoms with Crippen molar-refractivity contribution in [2.75, 3.05) is 6.54 Å². The maximum absolute atomic E-state index is 6.00. The summed E-state index contributed by atoms with van der Waals surface area (Å²) in [5.41, 5.74) is 1.66. The fraction of sp³-hybridized carbons (Fsp3) is 0.615. The van der Waals surface area contributed by atoms with Gasteiger partial charge in [-0.15, -0.1) is 0 Å². The summed E-state index contributed by atoms with van der Waals surface area (Å²) in [4.78, 5) is 4.07. The van der Waals surface area contributed by atoms with Crippen LogP contribution in [0.4, 0.5) is 0 Å². The number of hydrogen-bond acceptors (Lipinski definition) is 2. The molecule has 0 spiro atoms. The van der Waals surface area contributed by atoms with E-state index in [9.17, 15) is 0 Å². The molecule has 1 N–H and O–H groups in total. The number of hydrogen-bond donors (Lipinski definition) is 1. The molecule has 0 atom stereocenters. The smallest absolute Gasteiger partial charge is 0.133 e. The lowest BCUT2D eigenvalue weighted by Crippen LogP contribution is -2.39. The van der Waals surface area contributed by atoms with Gasteiger partial charge in [0.1, 0.15) is 5.15 Å². The van der Waals surface area contributed by atoms with Gasteiger partial charge in [0.15, 0.2) is 0 Å². The van der Waals surface area contributed by atoms with Gasteiger partial charge < -0.3 is 5.32 Å². The summed E-state index contributed by atoms with van der Waals surface area (Å²) in [6.07, 6.45) is 7.14. The van der Waals surface area contributed by atoms with Crippen molar-refractivity contribution in [3.8, 4) is 0 Å². The number of pyridine rings is 1. The van der Waals surface area contributed by atoms with Gasteiger partial charge in [0, 0.05) is 24.8 Å². The van der Waals surface area contributed by atoms with Crippen molar-refractivity contribution < 1.29 is 0 Å². The minimum Gasteiger partial charge on any atom is -0.312 e. The van der Waals surface area contributed by atoms with E-state index in [-0.39, 0.29) is 0 Å². The van der Waals surface area contributed by atoms with Crippen LogP contribution in [0.5, 0.6) is 0 Å². The first-order valence-electron chi connectivity index (χ1n) is 6.06. The molecule has 1 fully saturated rings. The Morgan fingerprint density at radius 3 is 2.88 bits per heavy atom. The second kappa shape index (κ2) is 5.15. The average molecular weight is 239 g/mol. The molecule has 1 aromatic heterocycles. The molecule has 2 rings (SSSR count). The fourth-order valence-corrected chi connectivity index (χ4v) is 2.53. The minimum atomic E-state index is 0.564. The van der Waals surface area contributed by atoms with Crippen molar-refractivity contribution >= 4 is 11.6 Å². The van der Waals surface area contributed by atoms with E-state index in [2.05, 4.69) is 17.2 Å². The lowest BCUT2D eigenvalue weighted by atomic mass is 9.67. The van der Waals surface area contributed by atoms with Gasteiger partial charge >= 0.3 is 0 Å². The van der Waals surface area contributed by atoms with Crippen molar-refractivity contribution in [3.63, 3.8) is 0 Å². The van der Waals surface area contributed by atoms with E-state index in [4.69, 9.17) is 11.6 Å². The zero-order chi connectivity index (χ0) is 11.4. The standard InChI is InChI=1S/C13H19ClN2/c1-2-13(6-4-7-13)10-15-9-11-5-3-8-16-12(11)14/h3,5,8,15H,2,4,6-7,9-10H2,1H3. The molecule has 1 aromatic rings. The van der Waals surface area contributed by atoms with Gasteiger partial charge in [-0.25, -0.2) is 4.98 Å². The van der Waals surface area contributed by atoms with Crippen molar-refractivity contribution in [2.45, 2.75) is 39.2 Å². The Morgan fingerprint density at radius 1 is 1.50 bits per heavy atom. The van der Waals surface area contributed by atoms with E-state index >= 15 is 0 Å². The molecule has 2 nitrogen and oxygen atoms in total. The average Bonchev–Trinajstić information content (AvgIpc) is 2.25. The van der Waals surface area contributed by atoms with Crippen molar-refractivity contribution in [2.24, 2.45) is 5.41 Å². The van der Waals surface area contributed by atoms with Crippen molar-refractivity contribution in [3.05, 3.63) is 29.0 Å². The van der Waals surface area contributed by atoms with E-state index in [0.29, 0.717) is 10.6 Å². The van der Waals surface area contributed by atoms with Gasteiger partial charge in [-0.3, -0.25) is 0 Å². The number of rotatable bonds is 5. The Labute approximate surface area is 102 Å². The van der Waals surface area contributed by atoms with E-state index in [1.165, 1.54) is 25.7 Å². The molecule has 0 aromatic carbocycles. The normalized spacial score (nSPS) is 18.1. The quantitative estimate of drug-likeness (QED) is 0.796. The summed E-state index contributed by atoms with van der Waals surface area (Å²) >= 11 is 6.00. The molecule has 0 aliphatic heterocycles. The maximum Gasteiger partial charge on any atom is 0.133 e. The number of nitrogens with zero attached hydrogens (tertiary/aromatic N) is 1. The molecule has 1 aliphatic carbocycles. The molecule has 0 radical (unpaired) electrons. The van der Waals surface area contributed by atoms with Gasteiger partial charge in [0.25, 0.3) is 0 Å². The highest BCUT2D eigenvalue weighted by molar-refractivity contribution is 6.30. The third kappa shape index (κ3) is 2.55. The van der Waals surface area contributed by atoms with Gasteiger partial charge in [0.05, 0.1) is 0 Å². The summed E-state index contributed by atoms with van der Waals surface area (Å²) in [6.45, 7) is 4.22. The first kappa shape index (κ1) is 11.9. The van der Waals surface area contributed by atoms with Gasteiger partial charge in [-0.2, -0.15) is 0 Å². The van der Waals surface area contributed by atoms with E-state index in [1.807, 2.05) is 12.1 Å². The van der Waals surface area contributed by atoms with Gasteiger partial charge in [0.2, 0.25) is 0 Å². The number of aromatic nitrogens is 1. The molecular weight excluding hydrogens is 220 g/mol. The Morgan fingerprint density at radius 2 is 2.31 bits per heavy atom. The second-order valence-electron chi connectivity index (χ2n) is 4.76. The molecule has 16 heavy (non-hydrogen) atoms. The minimum absolute atomic E-state index is 0.564. The second-order valence-corrected chi connectivity index (χ2v) is 5.12. The SMILES string of the molecule is CCC1(CNCc2cccnc2Cl)CCC1. The van der Waals surface area contributed by atoms with Crippen LogP contribution in [0.25, 0.3) is 0 Å². The fourth-order valence-electron chi connectivity index (χ4n) is 2.35. The topological polar surface area (TPSA) is 24.9 Å². The van der Waals surface area contributed by atoms with Gasteiger partial charge in [-0.05, 0) is 30.7 Å². The van der Waals surface area contributed by atoms with Crippen LogP contribution in [0, 0.1) is 5.41 Å². The molecule has 3 heteroatoms. The Balaban J connectivity index is 1.82. The molecule has 0 unspecified atom stereocenters. The predicted octanol–water partition coefficient (Wildman–Crippen LogP) is 3.40. The van der Waals surface area contributed by atoms with Crippen molar-refractivity contribution in [1.82, 2.24) is 10.3 Å². The number of halogens is 1. The number of nitrogens with one attached hydrogen (secondary N) is 1. The summed E-state index contributed by atoms with van der Waals surface area (Å²) in [7, 11) is 0. The Bertz CT molecular complexity index is 342. The van der Waals surface area contributed by atoms with Crippen LogP contribution in [0.2, 0.25) is 5.15 Å². The van der Waals surface area contributed by atoms with E-state index in [1.54, 1.807) is 6.20 Å². The lowest BCUT2D eigenvalue weighted by molar-refractivity contribution is 0.124. The molecular formula is C13H19ClN2. The zero-order valence-corrected chi connectivity index (χ0v) is 10.6. The predicted molar refractivity (Wildman–Crippen MR) is 67.5 cm³/mol. The summed E-state index contributed by atoms with van der Waals surface area (Å²) in [5, 5.41) is 4.13. The highest BCUT2D eigenvalue weighted by Crippen LogP contribution is 2.43. The summed E-state index contributed by atoms with van der Waals surface area (Å²) in [6, 6.07) is 3.96. The van der Waals surface area contributed by atoms with E-state index in [0.717, 1.165) is 18.7 Å². The molecule has 1 saturated carbocycles. The maximum atomic E-state index is 6.00. The highest BCUT2D eigenvalue weighted by atomic mass is 35.5. The molecule has 88 valence electrons. The zero-order valence-electron chi connectivity index (χ0n) is 9.80. The van der Waals surface area contributed by atoms with E-state index < -0.39 is 0 Å². The third-order valence-corrected chi connectivity index (χ3v) is 4.16. The van der Waals surface area contributed by atoms with Crippen LogP contribution in [0.1, 0.15) is 38.2 Å². The third-order valence-electron chi connectivity index (χ3n) is 3.82. The van der Waals surface area contributed by atoms with Crippen LogP contribution >= 0.6 is 11.6 Å². The largest absolute Gasteiger partial charge is 0.312 e. The Hall–Kier alpha value is -0.600. The van der Waals surface area contributed by atoms with Crippen LogP contribution in [-0.4, -0.2) is 11.5 Å². The summed E-state index contributed by atoms with van der Waals surface area (Å²) < 4.78 is 0.